The van der Waals surface area contributed by atoms with Crippen LogP contribution in [0.1, 0.15) is 51.6 Å². The molecule has 1 aliphatic rings. The van der Waals surface area contributed by atoms with Crippen molar-refractivity contribution in [3.8, 4) is 11.5 Å². The minimum atomic E-state index is -0.457. The highest BCUT2D eigenvalue weighted by Crippen LogP contribution is 2.38. The Bertz CT molecular complexity index is 1160. The summed E-state index contributed by atoms with van der Waals surface area (Å²) in [6.07, 6.45) is 3.56. The van der Waals surface area contributed by atoms with E-state index in [1.165, 1.54) is 24.6 Å². The second kappa shape index (κ2) is 9.45. The van der Waals surface area contributed by atoms with Crippen LogP contribution in [0.3, 0.4) is 0 Å². The number of para-hydroxylation sites is 1. The number of halogens is 1. The standard InChI is InChI=1S/C26H24ClNO4/c1-16(29)19-11-6-12-22(25(19)30)28-26(31)20-13-14-23-21(24(20)27)15-18(32-23)10-5-9-17-7-3-2-4-8-17/h2-4,6-8,11-14,18,30H,5,9-10,15H2,1H3,(H,28,31). The first kappa shape index (κ1) is 21.9. The molecule has 5 nitrogen and oxygen atoms in total. The molecular weight excluding hydrogens is 426 g/mol. The number of ether oxygens (including phenoxy) is 1. The van der Waals surface area contributed by atoms with Gasteiger partial charge in [0.1, 0.15) is 17.6 Å². The number of amides is 1. The van der Waals surface area contributed by atoms with Crippen LogP contribution in [0.15, 0.2) is 60.7 Å². The molecule has 6 heteroatoms. The van der Waals surface area contributed by atoms with Crippen LogP contribution in [0.5, 0.6) is 11.5 Å². The van der Waals surface area contributed by atoms with E-state index in [2.05, 4.69) is 17.4 Å². The predicted molar refractivity (Wildman–Crippen MR) is 125 cm³/mol. The second-order valence-electron chi connectivity index (χ2n) is 7.94. The van der Waals surface area contributed by atoms with Crippen molar-refractivity contribution in [1.29, 1.82) is 0 Å². The summed E-state index contributed by atoms with van der Waals surface area (Å²) in [7, 11) is 0. The number of anilines is 1. The van der Waals surface area contributed by atoms with Gasteiger partial charge in [-0.25, -0.2) is 0 Å². The fourth-order valence-electron chi connectivity index (χ4n) is 3.99. The Hall–Kier alpha value is -3.31. The van der Waals surface area contributed by atoms with Gasteiger partial charge in [-0.2, -0.15) is 0 Å². The summed E-state index contributed by atoms with van der Waals surface area (Å²) in [5.41, 5.74) is 2.73. The summed E-state index contributed by atoms with van der Waals surface area (Å²) < 4.78 is 6.05. The molecule has 164 valence electrons. The molecule has 0 fully saturated rings. The molecule has 0 aromatic heterocycles. The first-order chi connectivity index (χ1) is 15.4. The zero-order chi connectivity index (χ0) is 22.7. The van der Waals surface area contributed by atoms with Crippen molar-refractivity contribution in [2.75, 3.05) is 5.32 Å². The van der Waals surface area contributed by atoms with Crippen molar-refractivity contribution >= 4 is 29.0 Å². The van der Waals surface area contributed by atoms with Gasteiger partial charge in [-0.1, -0.05) is 48.0 Å². The normalized spacial score (nSPS) is 14.5. The van der Waals surface area contributed by atoms with E-state index in [-0.39, 0.29) is 28.9 Å². The third kappa shape index (κ3) is 4.63. The minimum absolute atomic E-state index is 0.0285. The Morgan fingerprint density at radius 2 is 1.84 bits per heavy atom. The molecule has 1 atom stereocenters. The van der Waals surface area contributed by atoms with E-state index < -0.39 is 5.91 Å². The number of phenols is 1. The van der Waals surface area contributed by atoms with Crippen LogP contribution < -0.4 is 10.1 Å². The van der Waals surface area contributed by atoms with E-state index in [4.69, 9.17) is 16.3 Å². The maximum atomic E-state index is 12.8. The zero-order valence-electron chi connectivity index (χ0n) is 17.7. The van der Waals surface area contributed by atoms with Gasteiger partial charge in [-0.15, -0.1) is 0 Å². The second-order valence-corrected chi connectivity index (χ2v) is 8.32. The SMILES string of the molecule is CC(=O)c1cccc(NC(=O)c2ccc3c(c2Cl)CC(CCCc2ccccc2)O3)c1O. The number of carbonyl (C=O) groups is 2. The van der Waals surface area contributed by atoms with Crippen molar-refractivity contribution in [2.45, 2.75) is 38.7 Å². The topological polar surface area (TPSA) is 75.6 Å². The van der Waals surface area contributed by atoms with E-state index in [1.54, 1.807) is 18.2 Å². The predicted octanol–water partition coefficient (Wildman–Crippen LogP) is 5.83. The van der Waals surface area contributed by atoms with Gasteiger partial charge in [-0.3, -0.25) is 9.59 Å². The van der Waals surface area contributed by atoms with E-state index in [9.17, 15) is 14.7 Å². The van der Waals surface area contributed by atoms with Crippen LogP contribution in [0.4, 0.5) is 5.69 Å². The molecule has 1 aliphatic heterocycles. The van der Waals surface area contributed by atoms with Crippen molar-refractivity contribution < 1.29 is 19.4 Å². The summed E-state index contributed by atoms with van der Waals surface area (Å²) in [5.74, 6) is -0.295. The Kier molecular flexibility index (Phi) is 6.47. The number of aryl methyl sites for hydroxylation is 1. The van der Waals surface area contributed by atoms with E-state index in [0.717, 1.165) is 24.8 Å². The molecule has 1 amide bonds. The minimum Gasteiger partial charge on any atom is -0.505 e. The van der Waals surface area contributed by atoms with Crippen LogP contribution in [-0.4, -0.2) is 22.9 Å². The van der Waals surface area contributed by atoms with Gasteiger partial charge < -0.3 is 15.2 Å². The van der Waals surface area contributed by atoms with Crippen LogP contribution in [0.25, 0.3) is 0 Å². The van der Waals surface area contributed by atoms with Crippen LogP contribution in [-0.2, 0) is 12.8 Å². The summed E-state index contributed by atoms with van der Waals surface area (Å²) in [6, 6.07) is 18.4. The van der Waals surface area contributed by atoms with E-state index in [1.807, 2.05) is 18.2 Å². The summed E-state index contributed by atoms with van der Waals surface area (Å²) in [5, 5.41) is 13.3. The highest BCUT2D eigenvalue weighted by Gasteiger charge is 2.28. The molecule has 32 heavy (non-hydrogen) atoms. The lowest BCUT2D eigenvalue weighted by Crippen LogP contribution is -2.14. The number of fused-ring (bicyclic) bond motifs is 1. The molecule has 0 saturated heterocycles. The number of benzene rings is 3. The fourth-order valence-corrected chi connectivity index (χ4v) is 4.31. The van der Waals surface area contributed by atoms with Gasteiger partial charge in [0.05, 0.1) is 21.8 Å². The average Bonchev–Trinajstić information content (AvgIpc) is 3.20. The Labute approximate surface area is 192 Å². The lowest BCUT2D eigenvalue weighted by molar-refractivity contribution is 0.100. The summed E-state index contributed by atoms with van der Waals surface area (Å²) >= 11 is 6.57. The first-order valence-corrected chi connectivity index (χ1v) is 11.0. The Morgan fingerprint density at radius 3 is 2.59 bits per heavy atom. The van der Waals surface area contributed by atoms with Crippen LogP contribution in [0.2, 0.25) is 5.02 Å². The maximum Gasteiger partial charge on any atom is 0.257 e. The maximum absolute atomic E-state index is 12.8. The average molecular weight is 450 g/mol. The smallest absolute Gasteiger partial charge is 0.257 e. The fraction of sp³-hybridized carbons (Fsp3) is 0.231. The van der Waals surface area contributed by atoms with Crippen molar-refractivity contribution in [1.82, 2.24) is 0 Å². The van der Waals surface area contributed by atoms with Gasteiger partial charge in [0.2, 0.25) is 0 Å². The number of rotatable bonds is 7. The molecule has 1 heterocycles. The number of hydrogen-bond donors (Lipinski definition) is 2. The lowest BCUT2D eigenvalue weighted by Gasteiger charge is -2.11. The van der Waals surface area contributed by atoms with E-state index in [0.29, 0.717) is 22.8 Å². The Balaban J connectivity index is 1.43. The zero-order valence-corrected chi connectivity index (χ0v) is 18.5. The molecule has 4 rings (SSSR count). The Morgan fingerprint density at radius 1 is 1.06 bits per heavy atom. The van der Waals surface area contributed by atoms with Crippen molar-refractivity contribution in [3.63, 3.8) is 0 Å². The molecule has 0 saturated carbocycles. The highest BCUT2D eigenvalue weighted by molar-refractivity contribution is 6.35. The van der Waals surface area contributed by atoms with Gasteiger partial charge in [0.15, 0.2) is 5.78 Å². The van der Waals surface area contributed by atoms with Crippen molar-refractivity contribution in [2.24, 2.45) is 0 Å². The van der Waals surface area contributed by atoms with Crippen LogP contribution >= 0.6 is 11.6 Å². The molecule has 0 aliphatic carbocycles. The van der Waals surface area contributed by atoms with Crippen LogP contribution in [0, 0.1) is 0 Å². The number of Topliss-reactive ketones (excluding diaryl/α,β-unsaturated/α-hetero) is 1. The third-order valence-corrected chi connectivity index (χ3v) is 6.10. The molecule has 0 radical (unpaired) electrons. The van der Waals surface area contributed by atoms with Gasteiger partial charge in [0.25, 0.3) is 5.91 Å². The summed E-state index contributed by atoms with van der Waals surface area (Å²) in [6.45, 7) is 1.36. The number of ketones is 1. The number of hydrogen-bond acceptors (Lipinski definition) is 4. The number of phenolic OH excluding ortho intramolecular Hbond substituents is 1. The molecule has 1 unspecified atom stereocenters. The third-order valence-electron chi connectivity index (χ3n) is 5.67. The molecule has 3 aromatic rings. The first-order valence-electron chi connectivity index (χ1n) is 10.6. The molecule has 0 spiro atoms. The molecule has 0 bridgehead atoms. The van der Waals surface area contributed by atoms with Gasteiger partial charge >= 0.3 is 0 Å². The molecular formula is C26H24ClNO4. The van der Waals surface area contributed by atoms with Crippen molar-refractivity contribution in [3.05, 3.63) is 87.9 Å². The van der Waals surface area contributed by atoms with Gasteiger partial charge in [0, 0.05) is 12.0 Å². The van der Waals surface area contributed by atoms with E-state index >= 15 is 0 Å². The quantitative estimate of drug-likeness (QED) is 0.351. The largest absolute Gasteiger partial charge is 0.505 e. The molecule has 3 aromatic carbocycles. The number of carbonyl (C=O) groups excluding carboxylic acids is 2. The lowest BCUT2D eigenvalue weighted by atomic mass is 10.0. The number of aromatic hydroxyl groups is 1. The monoisotopic (exact) mass is 449 g/mol. The molecule has 2 N–H and O–H groups in total. The highest BCUT2D eigenvalue weighted by atomic mass is 35.5. The van der Waals surface area contributed by atoms with Gasteiger partial charge in [-0.05, 0) is 56.0 Å². The summed E-state index contributed by atoms with van der Waals surface area (Å²) in [4.78, 5) is 24.5. The number of nitrogens with one attached hydrogen (secondary N) is 1.